The van der Waals surface area contributed by atoms with E-state index in [0.717, 1.165) is 11.1 Å². The van der Waals surface area contributed by atoms with Gasteiger partial charge in [0.2, 0.25) is 0 Å². The van der Waals surface area contributed by atoms with E-state index in [1.54, 1.807) is 13.8 Å². The summed E-state index contributed by atoms with van der Waals surface area (Å²) in [4.78, 5) is 24.6. The van der Waals surface area contributed by atoms with Crippen LogP contribution in [-0.4, -0.2) is 23.6 Å². The molecule has 0 unspecified atom stereocenters. The third kappa shape index (κ3) is 4.85. The maximum Gasteiger partial charge on any atom is 0.344 e. The molecule has 1 amide bonds. The zero-order chi connectivity index (χ0) is 19.9. The number of carbonyl (C=O) groups excluding carboxylic acids is 2. The molecule has 3 rings (SSSR count). The molecular weight excluding hydrogens is 356 g/mol. The Morgan fingerprint density at radius 1 is 1.04 bits per heavy atom. The molecule has 0 aliphatic carbocycles. The fourth-order valence-corrected chi connectivity index (χ4v) is 3.00. The van der Waals surface area contributed by atoms with E-state index in [9.17, 15) is 9.59 Å². The first-order chi connectivity index (χ1) is 13.5. The van der Waals surface area contributed by atoms with E-state index in [-0.39, 0.29) is 24.1 Å². The second-order valence-electron chi connectivity index (χ2n) is 6.50. The normalized spacial score (nSPS) is 11.6. The molecule has 0 radical (unpaired) electrons. The number of amides is 1. The number of esters is 1. The zero-order valence-electron chi connectivity index (χ0n) is 15.8. The molecule has 1 atom stereocenters. The van der Waals surface area contributed by atoms with Crippen molar-refractivity contribution in [1.29, 1.82) is 0 Å². The van der Waals surface area contributed by atoms with Crippen LogP contribution in [0.15, 0.2) is 65.2 Å². The van der Waals surface area contributed by atoms with Crippen LogP contribution in [0.4, 0.5) is 0 Å². The standard InChI is InChI=1S/C22H22N2O4/c1-15-21(16(2)28-24-15)22(26)27-14-20(25)23-19(18-11-7-4-8-12-18)13-17-9-5-3-6-10-17/h3-12,19H,13-14H2,1-2H3,(H,23,25)/t19-/m0/s1. The predicted octanol–water partition coefficient (Wildman–Crippen LogP) is 3.55. The van der Waals surface area contributed by atoms with Crippen LogP contribution in [0.5, 0.6) is 0 Å². The van der Waals surface area contributed by atoms with Crippen molar-refractivity contribution in [3.8, 4) is 0 Å². The van der Waals surface area contributed by atoms with Crippen molar-refractivity contribution in [3.63, 3.8) is 0 Å². The van der Waals surface area contributed by atoms with Gasteiger partial charge < -0.3 is 14.6 Å². The molecule has 0 fully saturated rings. The summed E-state index contributed by atoms with van der Waals surface area (Å²) in [5, 5.41) is 6.68. The molecule has 6 nitrogen and oxygen atoms in total. The summed E-state index contributed by atoms with van der Waals surface area (Å²) in [6.07, 6.45) is 0.633. The lowest BCUT2D eigenvalue weighted by Crippen LogP contribution is -2.33. The molecule has 2 aromatic carbocycles. The van der Waals surface area contributed by atoms with Gasteiger partial charge in [-0.3, -0.25) is 4.79 Å². The first kappa shape index (κ1) is 19.4. The van der Waals surface area contributed by atoms with E-state index in [0.29, 0.717) is 17.9 Å². The van der Waals surface area contributed by atoms with Crippen LogP contribution < -0.4 is 5.32 Å². The molecule has 1 heterocycles. The second kappa shape index (κ2) is 8.99. The summed E-state index contributed by atoms with van der Waals surface area (Å²) < 4.78 is 10.1. The molecule has 0 aliphatic rings. The van der Waals surface area contributed by atoms with E-state index in [4.69, 9.17) is 9.26 Å². The van der Waals surface area contributed by atoms with E-state index in [1.165, 1.54) is 0 Å². The summed E-state index contributed by atoms with van der Waals surface area (Å²) in [5.41, 5.74) is 2.78. The minimum absolute atomic E-state index is 0.228. The molecule has 0 aliphatic heterocycles. The summed E-state index contributed by atoms with van der Waals surface area (Å²) >= 11 is 0. The summed E-state index contributed by atoms with van der Waals surface area (Å²) in [5.74, 6) is -0.621. The molecule has 6 heteroatoms. The van der Waals surface area contributed by atoms with Crippen LogP contribution in [0.25, 0.3) is 0 Å². The Balaban J connectivity index is 1.65. The number of carbonyl (C=O) groups is 2. The second-order valence-corrected chi connectivity index (χ2v) is 6.50. The predicted molar refractivity (Wildman–Crippen MR) is 104 cm³/mol. The van der Waals surface area contributed by atoms with Crippen LogP contribution in [0.2, 0.25) is 0 Å². The fourth-order valence-electron chi connectivity index (χ4n) is 3.00. The van der Waals surface area contributed by atoms with Crippen molar-refractivity contribution in [2.24, 2.45) is 0 Å². The number of rotatable bonds is 7. The van der Waals surface area contributed by atoms with E-state index in [2.05, 4.69) is 10.5 Å². The highest BCUT2D eigenvalue weighted by Gasteiger charge is 2.21. The number of hydrogen-bond acceptors (Lipinski definition) is 5. The molecule has 0 spiro atoms. The fraction of sp³-hybridized carbons (Fsp3) is 0.227. The van der Waals surface area contributed by atoms with Gasteiger partial charge in [0.05, 0.1) is 11.7 Å². The number of aromatic nitrogens is 1. The van der Waals surface area contributed by atoms with Gasteiger partial charge in [-0.15, -0.1) is 0 Å². The van der Waals surface area contributed by atoms with Crippen molar-refractivity contribution in [1.82, 2.24) is 10.5 Å². The van der Waals surface area contributed by atoms with Gasteiger partial charge in [0.1, 0.15) is 11.3 Å². The van der Waals surface area contributed by atoms with Gasteiger partial charge in [0.25, 0.3) is 5.91 Å². The largest absolute Gasteiger partial charge is 0.452 e. The lowest BCUT2D eigenvalue weighted by atomic mass is 9.99. The maximum atomic E-state index is 12.4. The number of benzene rings is 2. The third-order valence-corrected chi connectivity index (χ3v) is 4.39. The summed E-state index contributed by atoms with van der Waals surface area (Å²) in [7, 11) is 0. The van der Waals surface area contributed by atoms with Crippen LogP contribution in [-0.2, 0) is 16.0 Å². The maximum absolute atomic E-state index is 12.4. The number of hydrogen-bond donors (Lipinski definition) is 1. The van der Waals surface area contributed by atoms with E-state index >= 15 is 0 Å². The van der Waals surface area contributed by atoms with Crippen molar-refractivity contribution < 1.29 is 18.8 Å². The van der Waals surface area contributed by atoms with Gasteiger partial charge in [-0.05, 0) is 31.4 Å². The first-order valence-electron chi connectivity index (χ1n) is 9.03. The molecule has 0 saturated heterocycles. The molecular formula is C22H22N2O4. The van der Waals surface area contributed by atoms with Crippen LogP contribution in [0.1, 0.15) is 39.0 Å². The Morgan fingerprint density at radius 3 is 2.29 bits per heavy atom. The van der Waals surface area contributed by atoms with Crippen molar-refractivity contribution >= 4 is 11.9 Å². The van der Waals surface area contributed by atoms with Crippen molar-refractivity contribution in [2.45, 2.75) is 26.3 Å². The first-order valence-corrected chi connectivity index (χ1v) is 9.03. The highest BCUT2D eigenvalue weighted by molar-refractivity contribution is 5.93. The Kier molecular flexibility index (Phi) is 6.22. The van der Waals surface area contributed by atoms with Crippen LogP contribution in [0.3, 0.4) is 0 Å². The highest BCUT2D eigenvalue weighted by Crippen LogP contribution is 2.18. The molecule has 144 valence electrons. The minimum Gasteiger partial charge on any atom is -0.452 e. The van der Waals surface area contributed by atoms with E-state index in [1.807, 2.05) is 60.7 Å². The van der Waals surface area contributed by atoms with Gasteiger partial charge in [0, 0.05) is 0 Å². The smallest absolute Gasteiger partial charge is 0.344 e. The summed E-state index contributed by atoms with van der Waals surface area (Å²) in [6, 6.07) is 19.4. The van der Waals surface area contributed by atoms with Crippen LogP contribution in [0, 0.1) is 13.8 Å². The monoisotopic (exact) mass is 378 g/mol. The van der Waals surface area contributed by atoms with E-state index < -0.39 is 5.97 Å². The van der Waals surface area contributed by atoms with Gasteiger partial charge in [-0.25, -0.2) is 4.79 Å². The van der Waals surface area contributed by atoms with Crippen LogP contribution >= 0.6 is 0 Å². The molecule has 3 aromatic rings. The van der Waals surface area contributed by atoms with Gasteiger partial charge >= 0.3 is 5.97 Å². The highest BCUT2D eigenvalue weighted by atomic mass is 16.5. The van der Waals surface area contributed by atoms with Gasteiger partial charge in [0.15, 0.2) is 6.61 Å². The quantitative estimate of drug-likeness (QED) is 0.636. The minimum atomic E-state index is -0.620. The molecule has 28 heavy (non-hydrogen) atoms. The lowest BCUT2D eigenvalue weighted by molar-refractivity contribution is -0.125. The number of ether oxygens (including phenoxy) is 1. The number of nitrogens with one attached hydrogen (secondary N) is 1. The third-order valence-electron chi connectivity index (χ3n) is 4.39. The number of nitrogens with zero attached hydrogens (tertiary/aromatic N) is 1. The average Bonchev–Trinajstić information content (AvgIpc) is 3.05. The Hall–Kier alpha value is -3.41. The Morgan fingerprint density at radius 2 is 1.68 bits per heavy atom. The van der Waals surface area contributed by atoms with Gasteiger partial charge in [-0.2, -0.15) is 0 Å². The van der Waals surface area contributed by atoms with Gasteiger partial charge in [-0.1, -0.05) is 65.8 Å². The topological polar surface area (TPSA) is 81.4 Å². The SMILES string of the molecule is Cc1noc(C)c1C(=O)OCC(=O)N[C@@H](Cc1ccccc1)c1ccccc1. The average molecular weight is 378 g/mol. The Bertz CT molecular complexity index is 916. The summed E-state index contributed by atoms with van der Waals surface area (Å²) in [6.45, 7) is 2.90. The van der Waals surface area contributed by atoms with Crippen molar-refractivity contribution in [2.75, 3.05) is 6.61 Å². The Labute approximate surface area is 163 Å². The molecule has 0 saturated carbocycles. The number of aryl methyl sites for hydroxylation is 2. The zero-order valence-corrected chi connectivity index (χ0v) is 15.8. The molecule has 0 bridgehead atoms. The molecule has 1 N–H and O–H groups in total. The lowest BCUT2D eigenvalue weighted by Gasteiger charge is -2.19. The van der Waals surface area contributed by atoms with Crippen molar-refractivity contribution in [3.05, 3.63) is 88.8 Å². The molecule has 1 aromatic heterocycles.